The quantitative estimate of drug-likeness (QED) is 0.469. The van der Waals surface area contributed by atoms with Gasteiger partial charge in [0.2, 0.25) is 17.7 Å². The van der Waals surface area contributed by atoms with E-state index in [9.17, 15) is 14.4 Å². The van der Waals surface area contributed by atoms with Crippen molar-refractivity contribution in [2.75, 3.05) is 13.6 Å². The monoisotopic (exact) mass is 299 g/mol. The number of hydroxylamine groups is 1. The molecule has 0 aromatic rings. The van der Waals surface area contributed by atoms with Gasteiger partial charge in [-0.25, -0.2) is 5.48 Å². The summed E-state index contributed by atoms with van der Waals surface area (Å²) in [5.74, 6) is -1.39. The molecule has 0 unspecified atom stereocenters. The Morgan fingerprint density at radius 2 is 2.10 bits per heavy atom. The second kappa shape index (κ2) is 8.61. The van der Waals surface area contributed by atoms with Gasteiger partial charge in [-0.1, -0.05) is 19.8 Å². The SMILES string of the molecule is CCCC[C@@H](CC(=O)NO)C(=O)N1CCC[C@H]1C(=O)NC. The first-order chi connectivity index (χ1) is 10.0. The third kappa shape index (κ3) is 4.70. The van der Waals surface area contributed by atoms with Crippen LogP contribution in [-0.2, 0) is 14.4 Å². The number of amides is 3. The summed E-state index contributed by atoms with van der Waals surface area (Å²) in [5, 5.41) is 11.2. The smallest absolute Gasteiger partial charge is 0.244 e. The van der Waals surface area contributed by atoms with E-state index in [1.165, 1.54) is 0 Å². The minimum Gasteiger partial charge on any atom is -0.357 e. The van der Waals surface area contributed by atoms with E-state index in [0.29, 0.717) is 19.4 Å². The van der Waals surface area contributed by atoms with Crippen LogP contribution in [0.25, 0.3) is 0 Å². The summed E-state index contributed by atoms with van der Waals surface area (Å²) < 4.78 is 0. The average molecular weight is 299 g/mol. The van der Waals surface area contributed by atoms with Crippen molar-refractivity contribution in [1.82, 2.24) is 15.7 Å². The molecule has 120 valence electrons. The van der Waals surface area contributed by atoms with Crippen molar-refractivity contribution in [3.05, 3.63) is 0 Å². The van der Waals surface area contributed by atoms with Gasteiger partial charge in [-0.3, -0.25) is 19.6 Å². The lowest BCUT2D eigenvalue weighted by Gasteiger charge is -2.27. The van der Waals surface area contributed by atoms with Gasteiger partial charge in [0.05, 0.1) is 0 Å². The number of nitrogens with one attached hydrogen (secondary N) is 2. The summed E-state index contributed by atoms with van der Waals surface area (Å²) in [7, 11) is 1.55. The van der Waals surface area contributed by atoms with Gasteiger partial charge in [-0.2, -0.15) is 0 Å². The van der Waals surface area contributed by atoms with Gasteiger partial charge in [0.25, 0.3) is 0 Å². The van der Waals surface area contributed by atoms with Crippen LogP contribution in [0.1, 0.15) is 45.4 Å². The number of nitrogens with zero attached hydrogens (tertiary/aromatic N) is 1. The Labute approximate surface area is 125 Å². The van der Waals surface area contributed by atoms with E-state index in [1.807, 2.05) is 6.92 Å². The van der Waals surface area contributed by atoms with Gasteiger partial charge in [0.15, 0.2) is 0 Å². The number of rotatable bonds is 7. The molecule has 1 aliphatic rings. The van der Waals surface area contributed by atoms with Crippen LogP contribution < -0.4 is 10.8 Å². The molecular weight excluding hydrogens is 274 g/mol. The fourth-order valence-corrected chi connectivity index (χ4v) is 2.74. The molecule has 0 aromatic heterocycles. The summed E-state index contributed by atoms with van der Waals surface area (Å²) in [6.07, 6.45) is 3.72. The van der Waals surface area contributed by atoms with Crippen LogP contribution in [0.15, 0.2) is 0 Å². The molecule has 1 heterocycles. The lowest BCUT2D eigenvalue weighted by atomic mass is 9.96. The largest absolute Gasteiger partial charge is 0.357 e. The van der Waals surface area contributed by atoms with Crippen LogP contribution in [0.4, 0.5) is 0 Å². The summed E-state index contributed by atoms with van der Waals surface area (Å²) in [6.45, 7) is 2.55. The van der Waals surface area contributed by atoms with Crippen LogP contribution in [0.3, 0.4) is 0 Å². The molecule has 2 atom stereocenters. The maximum atomic E-state index is 12.6. The molecule has 7 nitrogen and oxygen atoms in total. The third-order valence-electron chi connectivity index (χ3n) is 3.90. The Bertz CT molecular complexity index is 386. The molecular formula is C14H25N3O4. The molecule has 1 aliphatic heterocycles. The first kappa shape index (κ1) is 17.4. The van der Waals surface area contributed by atoms with E-state index in [4.69, 9.17) is 5.21 Å². The number of unbranched alkanes of at least 4 members (excludes halogenated alkanes) is 1. The minimum absolute atomic E-state index is 0.0493. The van der Waals surface area contributed by atoms with Gasteiger partial charge in [0, 0.05) is 25.9 Å². The minimum atomic E-state index is -0.569. The number of carbonyl (C=O) groups excluding carboxylic acids is 3. The van der Waals surface area contributed by atoms with Crippen LogP contribution in [0.5, 0.6) is 0 Å². The van der Waals surface area contributed by atoms with Gasteiger partial charge in [0.1, 0.15) is 6.04 Å². The Morgan fingerprint density at radius 1 is 1.38 bits per heavy atom. The highest BCUT2D eigenvalue weighted by atomic mass is 16.5. The predicted molar refractivity (Wildman–Crippen MR) is 76.4 cm³/mol. The molecule has 0 radical (unpaired) electrons. The van der Waals surface area contributed by atoms with Crippen LogP contribution in [0, 0.1) is 5.92 Å². The van der Waals surface area contributed by atoms with Crippen molar-refractivity contribution < 1.29 is 19.6 Å². The fraction of sp³-hybridized carbons (Fsp3) is 0.786. The van der Waals surface area contributed by atoms with E-state index in [0.717, 1.165) is 19.3 Å². The van der Waals surface area contributed by atoms with Gasteiger partial charge in [-0.15, -0.1) is 0 Å². The van der Waals surface area contributed by atoms with E-state index in [2.05, 4.69) is 5.32 Å². The van der Waals surface area contributed by atoms with Crippen molar-refractivity contribution >= 4 is 17.7 Å². The number of hydrogen-bond donors (Lipinski definition) is 3. The lowest BCUT2D eigenvalue weighted by molar-refractivity contribution is -0.144. The molecule has 0 spiro atoms. The van der Waals surface area contributed by atoms with Gasteiger partial charge >= 0.3 is 0 Å². The Balaban J connectivity index is 2.77. The second-order valence-corrected chi connectivity index (χ2v) is 5.38. The number of carbonyl (C=O) groups is 3. The normalized spacial score (nSPS) is 19.2. The van der Waals surface area contributed by atoms with Crippen LogP contribution in [-0.4, -0.2) is 47.5 Å². The molecule has 1 fully saturated rings. The number of likely N-dealkylation sites (N-methyl/N-ethyl adjacent to an activating group) is 1. The fourth-order valence-electron chi connectivity index (χ4n) is 2.74. The molecule has 0 saturated carbocycles. The lowest BCUT2D eigenvalue weighted by Crippen LogP contribution is -2.47. The van der Waals surface area contributed by atoms with E-state index in [-0.39, 0.29) is 18.2 Å². The first-order valence-electron chi connectivity index (χ1n) is 7.50. The summed E-state index contributed by atoms with van der Waals surface area (Å²) in [5.41, 5.74) is 1.57. The average Bonchev–Trinajstić information content (AvgIpc) is 2.98. The molecule has 0 aromatic carbocycles. The van der Waals surface area contributed by atoms with Crippen molar-refractivity contribution in [2.24, 2.45) is 5.92 Å². The van der Waals surface area contributed by atoms with Crippen LogP contribution in [0.2, 0.25) is 0 Å². The zero-order chi connectivity index (χ0) is 15.8. The molecule has 7 heteroatoms. The standard InChI is InChI=1S/C14H25N3O4/c1-3-4-6-10(9-12(18)16-21)14(20)17-8-5-7-11(17)13(19)15-2/h10-11,21H,3-9H2,1-2H3,(H,15,19)(H,16,18)/t10-,11-/m0/s1. The third-order valence-corrected chi connectivity index (χ3v) is 3.90. The molecule has 1 saturated heterocycles. The van der Waals surface area contributed by atoms with Crippen LogP contribution >= 0.6 is 0 Å². The maximum absolute atomic E-state index is 12.6. The number of likely N-dealkylation sites (tertiary alicyclic amines) is 1. The Hall–Kier alpha value is -1.63. The topological polar surface area (TPSA) is 98.7 Å². The van der Waals surface area contributed by atoms with E-state index >= 15 is 0 Å². The molecule has 3 N–H and O–H groups in total. The number of hydrogen-bond acceptors (Lipinski definition) is 4. The van der Waals surface area contributed by atoms with E-state index in [1.54, 1.807) is 17.4 Å². The van der Waals surface area contributed by atoms with Crippen molar-refractivity contribution in [3.63, 3.8) is 0 Å². The molecule has 0 aliphatic carbocycles. The Morgan fingerprint density at radius 3 is 2.67 bits per heavy atom. The van der Waals surface area contributed by atoms with Gasteiger partial charge < -0.3 is 10.2 Å². The van der Waals surface area contributed by atoms with Crippen molar-refractivity contribution in [3.8, 4) is 0 Å². The summed E-state index contributed by atoms with van der Waals surface area (Å²) >= 11 is 0. The molecule has 3 amide bonds. The first-order valence-corrected chi connectivity index (χ1v) is 7.50. The second-order valence-electron chi connectivity index (χ2n) is 5.38. The predicted octanol–water partition coefficient (Wildman–Crippen LogP) is 0.425. The van der Waals surface area contributed by atoms with E-state index < -0.39 is 17.9 Å². The zero-order valence-corrected chi connectivity index (χ0v) is 12.7. The zero-order valence-electron chi connectivity index (χ0n) is 12.7. The molecule has 1 rings (SSSR count). The van der Waals surface area contributed by atoms with Crippen molar-refractivity contribution in [2.45, 2.75) is 51.5 Å². The molecule has 0 bridgehead atoms. The summed E-state index contributed by atoms with van der Waals surface area (Å²) in [4.78, 5) is 37.4. The summed E-state index contributed by atoms with van der Waals surface area (Å²) in [6, 6.07) is -0.441. The maximum Gasteiger partial charge on any atom is 0.244 e. The van der Waals surface area contributed by atoms with Crippen molar-refractivity contribution in [1.29, 1.82) is 0 Å². The molecule has 21 heavy (non-hydrogen) atoms. The van der Waals surface area contributed by atoms with Gasteiger partial charge in [-0.05, 0) is 19.3 Å². The highest BCUT2D eigenvalue weighted by Gasteiger charge is 2.36. The highest BCUT2D eigenvalue weighted by Crippen LogP contribution is 2.24. The Kier molecular flexibility index (Phi) is 7.14. The highest BCUT2D eigenvalue weighted by molar-refractivity contribution is 5.90.